The van der Waals surface area contributed by atoms with Gasteiger partial charge >= 0.3 is 6.09 Å². The fourth-order valence-electron chi connectivity index (χ4n) is 5.33. The van der Waals surface area contributed by atoms with E-state index in [1.807, 2.05) is 12.2 Å². The van der Waals surface area contributed by atoms with Crippen molar-refractivity contribution < 1.29 is 32.3 Å². The molecule has 2 fully saturated rings. The van der Waals surface area contributed by atoms with Gasteiger partial charge in [-0.15, -0.1) is 0 Å². The van der Waals surface area contributed by atoms with Crippen molar-refractivity contribution in [3.63, 3.8) is 0 Å². The van der Waals surface area contributed by atoms with E-state index in [1.165, 1.54) is 17.2 Å². The van der Waals surface area contributed by atoms with Crippen molar-refractivity contribution in [3.05, 3.63) is 35.6 Å². The lowest BCUT2D eigenvalue weighted by Gasteiger charge is -2.30. The molecular weight excluding hydrogens is 586 g/mol. The highest BCUT2D eigenvalue weighted by atomic mass is 35.5. The van der Waals surface area contributed by atoms with Crippen molar-refractivity contribution in [3.8, 4) is 0 Å². The predicted octanol–water partition coefficient (Wildman–Crippen LogP) is 2.82. The van der Waals surface area contributed by atoms with Crippen LogP contribution < -0.4 is 15.4 Å². The van der Waals surface area contributed by atoms with E-state index in [4.69, 9.17) is 16.3 Å². The highest BCUT2D eigenvalue weighted by Crippen LogP contribution is 2.46. The second-order valence-electron chi connectivity index (χ2n) is 12.0. The number of carbonyl (C=O) groups is 4. The van der Waals surface area contributed by atoms with Crippen LogP contribution in [0.5, 0.6) is 0 Å². The predicted molar refractivity (Wildman–Crippen MR) is 154 cm³/mol. The van der Waals surface area contributed by atoms with Crippen molar-refractivity contribution in [2.24, 2.45) is 5.92 Å². The van der Waals surface area contributed by atoms with Gasteiger partial charge in [0.1, 0.15) is 16.5 Å². The second-order valence-corrected chi connectivity index (χ2v) is 14.1. The molecule has 4 atom stereocenters. The molecule has 1 saturated carbocycles. The van der Waals surface area contributed by atoms with Crippen LogP contribution in [0.25, 0.3) is 0 Å². The number of alkyl carbamates (subject to hydrolysis) is 1. The Bertz CT molecular complexity index is 1360. The molecule has 0 spiro atoms. The summed E-state index contributed by atoms with van der Waals surface area (Å²) in [4.78, 5) is 58.1. The summed E-state index contributed by atoms with van der Waals surface area (Å²) in [6, 6.07) is 0.390. The molecule has 4 amide bonds. The Morgan fingerprint density at radius 2 is 1.93 bits per heavy atom. The molecule has 42 heavy (non-hydrogen) atoms. The summed E-state index contributed by atoms with van der Waals surface area (Å²) in [6.45, 7) is 5.69. The van der Waals surface area contributed by atoms with Crippen LogP contribution in [-0.2, 0) is 29.1 Å². The highest BCUT2D eigenvalue weighted by molar-refractivity contribution is 7.90. The lowest BCUT2D eigenvalue weighted by Crippen LogP contribution is -2.57. The summed E-state index contributed by atoms with van der Waals surface area (Å²) in [7, 11) is -4.38. The van der Waals surface area contributed by atoms with E-state index in [0.717, 1.165) is 19.0 Å². The van der Waals surface area contributed by atoms with Crippen molar-refractivity contribution in [1.82, 2.24) is 25.2 Å². The van der Waals surface area contributed by atoms with Gasteiger partial charge in [0.05, 0.1) is 5.02 Å². The Labute approximate surface area is 251 Å². The quantitative estimate of drug-likeness (QED) is 0.431. The molecule has 4 rings (SSSR count). The number of pyridine rings is 1. The Hall–Kier alpha value is -3.19. The van der Waals surface area contributed by atoms with Gasteiger partial charge in [-0.25, -0.2) is 17.9 Å². The van der Waals surface area contributed by atoms with Gasteiger partial charge in [-0.05, 0) is 71.8 Å². The molecule has 1 aromatic heterocycles. The highest BCUT2D eigenvalue weighted by Gasteiger charge is 2.61. The summed E-state index contributed by atoms with van der Waals surface area (Å²) < 4.78 is 33.6. The van der Waals surface area contributed by atoms with Crippen LogP contribution in [-0.4, -0.2) is 71.9 Å². The standard InChI is InChI=1S/C28H38ClN5O7S/c1-27(2,3)32-26(38)41-21-12-8-6-4-5-7-10-18-16-28(18,31-23(35)20-11-9-15-34(20)24(21)36)25(37)33-42(39,40)22-17-30-14-13-19(22)29/h7,10,13-14,17-18,20-21H,4-6,8-9,11-12,15-16H2,1-3H3,(H,31,35)(H,32,38)(H,33,37)/t18-,20+,21+,28-/m1/s1. The van der Waals surface area contributed by atoms with Gasteiger partial charge in [0.2, 0.25) is 5.91 Å². The molecule has 1 aliphatic carbocycles. The van der Waals surface area contributed by atoms with E-state index in [2.05, 4.69) is 20.3 Å². The van der Waals surface area contributed by atoms with Gasteiger partial charge in [-0.2, -0.15) is 0 Å². The number of nitrogens with zero attached hydrogens (tertiary/aromatic N) is 2. The van der Waals surface area contributed by atoms with Gasteiger partial charge in [0, 0.05) is 30.4 Å². The minimum atomic E-state index is -4.38. The number of ether oxygens (including phenoxy) is 1. The molecule has 0 unspecified atom stereocenters. The molecule has 1 aromatic rings. The number of halogens is 1. The van der Waals surface area contributed by atoms with Crippen molar-refractivity contribution >= 4 is 45.4 Å². The van der Waals surface area contributed by atoms with E-state index >= 15 is 0 Å². The smallest absolute Gasteiger partial charge is 0.408 e. The number of carbonyl (C=O) groups excluding carboxylic acids is 4. The number of sulfonamides is 1. The van der Waals surface area contributed by atoms with Crippen molar-refractivity contribution in [2.75, 3.05) is 6.54 Å². The maximum Gasteiger partial charge on any atom is 0.408 e. The lowest BCUT2D eigenvalue weighted by molar-refractivity contribution is -0.146. The van der Waals surface area contributed by atoms with E-state index < -0.39 is 63.0 Å². The molecule has 3 heterocycles. The second kappa shape index (κ2) is 12.6. The van der Waals surface area contributed by atoms with Gasteiger partial charge in [0.25, 0.3) is 21.8 Å². The van der Waals surface area contributed by atoms with Crippen LogP contribution in [0.3, 0.4) is 0 Å². The average molecular weight is 624 g/mol. The fraction of sp³-hybridized carbons (Fsp3) is 0.607. The summed E-state index contributed by atoms with van der Waals surface area (Å²) >= 11 is 6.03. The first-order valence-corrected chi connectivity index (χ1v) is 16.0. The summed E-state index contributed by atoms with van der Waals surface area (Å²) in [5.74, 6) is -2.37. The SMILES string of the molecule is CC(C)(C)NC(=O)O[C@H]1CCCCCC=C[C@@H]2C[C@@]2(C(=O)NS(=O)(=O)c2cnccc2Cl)NC(=O)[C@@H]2CCCN2C1=O. The molecular formula is C28H38ClN5O7S. The zero-order valence-electron chi connectivity index (χ0n) is 24.0. The number of hydrogen-bond acceptors (Lipinski definition) is 8. The third kappa shape index (κ3) is 7.41. The first-order valence-electron chi connectivity index (χ1n) is 14.2. The van der Waals surface area contributed by atoms with Gasteiger partial charge in [-0.3, -0.25) is 19.4 Å². The first kappa shape index (κ1) is 31.7. The molecule has 12 nitrogen and oxygen atoms in total. The Morgan fingerprint density at radius 1 is 1.17 bits per heavy atom. The number of aromatic nitrogens is 1. The first-order chi connectivity index (χ1) is 19.7. The third-order valence-corrected chi connectivity index (χ3v) is 9.36. The number of nitrogens with one attached hydrogen (secondary N) is 3. The third-order valence-electron chi connectivity index (χ3n) is 7.56. The van der Waals surface area contributed by atoms with Gasteiger partial charge in [-0.1, -0.05) is 30.2 Å². The van der Waals surface area contributed by atoms with Crippen LogP contribution in [0.15, 0.2) is 35.5 Å². The Kier molecular flexibility index (Phi) is 9.51. The minimum absolute atomic E-state index is 0.103. The lowest BCUT2D eigenvalue weighted by atomic mass is 10.1. The molecule has 1 saturated heterocycles. The maximum atomic E-state index is 13.6. The summed E-state index contributed by atoms with van der Waals surface area (Å²) in [5.41, 5.74) is -2.08. The topological polar surface area (TPSA) is 164 Å². The molecule has 230 valence electrons. The van der Waals surface area contributed by atoms with E-state index in [0.29, 0.717) is 32.1 Å². The van der Waals surface area contributed by atoms with E-state index in [-0.39, 0.29) is 22.9 Å². The Morgan fingerprint density at radius 3 is 2.64 bits per heavy atom. The maximum absolute atomic E-state index is 13.6. The zero-order chi connectivity index (χ0) is 30.7. The number of hydrogen-bond donors (Lipinski definition) is 3. The molecule has 0 bridgehead atoms. The largest absolute Gasteiger partial charge is 0.436 e. The molecule has 0 aromatic carbocycles. The minimum Gasteiger partial charge on any atom is -0.436 e. The number of allylic oxidation sites excluding steroid dienone is 1. The zero-order valence-corrected chi connectivity index (χ0v) is 25.6. The van der Waals surface area contributed by atoms with Crippen LogP contribution in [0.4, 0.5) is 4.79 Å². The normalized spacial score (nSPS) is 27.0. The van der Waals surface area contributed by atoms with Crippen molar-refractivity contribution in [1.29, 1.82) is 0 Å². The van der Waals surface area contributed by atoms with Gasteiger partial charge < -0.3 is 20.3 Å². The number of rotatable bonds is 4. The van der Waals surface area contributed by atoms with E-state index in [9.17, 15) is 27.6 Å². The van der Waals surface area contributed by atoms with Gasteiger partial charge in [0.15, 0.2) is 6.10 Å². The monoisotopic (exact) mass is 623 g/mol. The molecule has 3 aliphatic rings. The summed E-state index contributed by atoms with van der Waals surface area (Å²) in [5, 5.41) is 5.38. The number of amides is 4. The molecule has 2 aliphatic heterocycles. The van der Waals surface area contributed by atoms with Crippen LogP contribution in [0, 0.1) is 5.92 Å². The number of fused-ring (bicyclic) bond motifs is 2. The summed E-state index contributed by atoms with van der Waals surface area (Å²) in [6.07, 6.45) is 8.61. The molecule has 0 radical (unpaired) electrons. The molecule has 3 N–H and O–H groups in total. The van der Waals surface area contributed by atoms with Crippen LogP contribution >= 0.6 is 11.6 Å². The van der Waals surface area contributed by atoms with E-state index in [1.54, 1.807) is 20.8 Å². The van der Waals surface area contributed by atoms with Crippen LogP contribution in [0.1, 0.15) is 72.1 Å². The van der Waals surface area contributed by atoms with Crippen LogP contribution in [0.2, 0.25) is 5.02 Å². The fourth-order valence-corrected chi connectivity index (χ4v) is 6.80. The van der Waals surface area contributed by atoms with Crippen molar-refractivity contribution in [2.45, 2.75) is 100 Å². The average Bonchev–Trinajstić information content (AvgIpc) is 3.35. The Balaban J connectivity index is 1.57. The molecule has 14 heteroatoms.